The Morgan fingerprint density at radius 3 is 2.83 bits per heavy atom. The Morgan fingerprint density at radius 2 is 2.10 bits per heavy atom. The molecule has 0 amide bonds. The van der Waals surface area contributed by atoms with Gasteiger partial charge in [-0.05, 0) is 92.7 Å². The van der Waals surface area contributed by atoms with Crippen LogP contribution in [0.1, 0.15) is 67.6 Å². The predicted octanol–water partition coefficient (Wildman–Crippen LogP) is 5.62. The number of rotatable bonds is 9. The van der Waals surface area contributed by atoms with Crippen LogP contribution in [-0.2, 0) is 22.4 Å². The minimum absolute atomic E-state index is 0.0987. The molecular weight excluding hydrogens is 535 g/mol. The van der Waals surface area contributed by atoms with E-state index in [0.29, 0.717) is 24.3 Å². The van der Waals surface area contributed by atoms with Gasteiger partial charge in [-0.25, -0.2) is 9.37 Å². The highest BCUT2D eigenvalue weighted by atomic mass is 19.1. The molecule has 2 aliphatic heterocycles. The number of carboxylic acids is 1. The second-order valence-corrected chi connectivity index (χ2v) is 12.9. The molecule has 2 aromatic rings. The van der Waals surface area contributed by atoms with E-state index in [-0.39, 0.29) is 29.5 Å². The van der Waals surface area contributed by atoms with Crippen molar-refractivity contribution in [3.05, 3.63) is 76.3 Å². The summed E-state index contributed by atoms with van der Waals surface area (Å²) < 4.78 is 33.0. The Hall–Kier alpha value is -3.23. The van der Waals surface area contributed by atoms with Crippen LogP contribution in [-0.4, -0.2) is 66.0 Å². The highest BCUT2D eigenvalue weighted by molar-refractivity contribution is 5.78. The molecule has 4 atom stereocenters. The third-order valence-corrected chi connectivity index (χ3v) is 10.4. The summed E-state index contributed by atoms with van der Waals surface area (Å²) in [5.41, 5.74) is 4.60. The zero-order valence-electron chi connectivity index (χ0n) is 24.4. The number of methoxy groups -OCH3 is 2. The number of hydrogen-bond donors (Lipinski definition) is 1. The standard InChI is InChI=1S/C34H39FN2O5/c1-40-30-18-34(30)10-3-13-37(34)20-24-15-23(6-8-25(24)26-16-31(41-2)36-19-27(26)35)28-9-7-22-5-4-21(14-29(22)42-28)17-33(11-12-33)32(38)39/h4-6,14-16,19,25,28,30H,3,7-13,17-18,20H2,1-2H3,(H,38,39)/t25?,28-,30+,34+/m0/s1. The molecule has 1 N–H and O–H groups in total. The van der Waals surface area contributed by atoms with E-state index in [0.717, 1.165) is 80.5 Å². The number of allylic oxidation sites excluding steroid dienone is 1. The lowest BCUT2D eigenvalue weighted by Gasteiger charge is -2.34. The normalized spacial score (nSPS) is 29.4. The van der Waals surface area contributed by atoms with E-state index < -0.39 is 11.4 Å². The average molecular weight is 575 g/mol. The number of fused-ring (bicyclic) bond motifs is 1. The third-order valence-electron chi connectivity index (χ3n) is 10.4. The van der Waals surface area contributed by atoms with Crippen LogP contribution in [0, 0.1) is 11.2 Å². The number of aryl methyl sites for hydroxylation is 1. The Balaban J connectivity index is 1.16. The van der Waals surface area contributed by atoms with Crippen molar-refractivity contribution in [3.63, 3.8) is 0 Å². The Morgan fingerprint density at radius 1 is 1.24 bits per heavy atom. The molecule has 1 unspecified atom stereocenters. The Bertz CT molecular complexity index is 1470. The van der Waals surface area contributed by atoms with Gasteiger partial charge < -0.3 is 19.3 Å². The molecule has 0 radical (unpaired) electrons. The molecule has 1 aromatic heterocycles. The zero-order valence-corrected chi connectivity index (χ0v) is 24.4. The van der Waals surface area contributed by atoms with Gasteiger partial charge in [0.2, 0.25) is 5.88 Å². The molecule has 1 aromatic carbocycles. The molecule has 7 rings (SSSR count). The molecule has 7 nitrogen and oxygen atoms in total. The summed E-state index contributed by atoms with van der Waals surface area (Å²) in [6, 6.07) is 7.94. The van der Waals surface area contributed by atoms with Crippen molar-refractivity contribution < 1.29 is 28.5 Å². The van der Waals surface area contributed by atoms with Gasteiger partial charge in [-0.1, -0.05) is 24.3 Å². The summed E-state index contributed by atoms with van der Waals surface area (Å²) in [5.74, 6) is 0.137. The second kappa shape index (κ2) is 10.5. The first-order valence-electron chi connectivity index (χ1n) is 15.2. The molecule has 1 spiro atoms. The average Bonchev–Trinajstić information content (AvgIpc) is 3.90. The summed E-state index contributed by atoms with van der Waals surface area (Å²) in [6.45, 7) is 1.77. The number of benzene rings is 1. The first kappa shape index (κ1) is 27.6. The maximum atomic E-state index is 15.2. The molecule has 222 valence electrons. The van der Waals surface area contributed by atoms with E-state index in [1.807, 2.05) is 6.07 Å². The molecule has 8 heteroatoms. The van der Waals surface area contributed by atoms with E-state index in [1.54, 1.807) is 20.3 Å². The number of aliphatic carboxylic acids is 1. The SMILES string of the molecule is COc1cc(C2CC=C([C@@H]3CCc4ccc(CC5(C(=O)O)CC5)cc4O3)C=C2CN2CCC[C@]23C[C@H]3OC)c(F)cn1. The van der Waals surface area contributed by atoms with Gasteiger partial charge in [-0.2, -0.15) is 0 Å². The maximum Gasteiger partial charge on any atom is 0.309 e. The second-order valence-electron chi connectivity index (χ2n) is 12.9. The summed E-state index contributed by atoms with van der Waals surface area (Å²) in [6.07, 6.45) is 13.7. The number of pyridine rings is 1. The monoisotopic (exact) mass is 574 g/mol. The molecule has 1 saturated heterocycles. The van der Waals surface area contributed by atoms with Crippen LogP contribution >= 0.6 is 0 Å². The van der Waals surface area contributed by atoms with Crippen molar-refractivity contribution in [2.24, 2.45) is 5.41 Å². The van der Waals surface area contributed by atoms with Crippen LogP contribution in [0.5, 0.6) is 11.6 Å². The molecule has 2 saturated carbocycles. The summed E-state index contributed by atoms with van der Waals surface area (Å²) in [7, 11) is 3.36. The van der Waals surface area contributed by atoms with E-state index in [9.17, 15) is 9.90 Å². The van der Waals surface area contributed by atoms with Crippen LogP contribution in [0.15, 0.2) is 53.8 Å². The number of halogens is 1. The highest BCUT2D eigenvalue weighted by Crippen LogP contribution is 2.53. The maximum absolute atomic E-state index is 15.2. The van der Waals surface area contributed by atoms with E-state index in [2.05, 4.69) is 34.2 Å². The molecule has 5 aliphatic rings. The third kappa shape index (κ3) is 4.82. The first-order chi connectivity index (χ1) is 20.3. The van der Waals surface area contributed by atoms with E-state index in [1.165, 1.54) is 11.8 Å². The molecular formula is C34H39FN2O5. The van der Waals surface area contributed by atoms with Crippen LogP contribution in [0.4, 0.5) is 4.39 Å². The largest absolute Gasteiger partial charge is 0.485 e. The minimum atomic E-state index is -0.704. The fourth-order valence-electron chi connectivity index (χ4n) is 7.64. The number of likely N-dealkylation sites (tertiary alicyclic amines) is 1. The summed E-state index contributed by atoms with van der Waals surface area (Å²) in [5, 5.41) is 9.67. The highest BCUT2D eigenvalue weighted by Gasteiger charge is 2.60. The number of carbonyl (C=O) groups is 1. The lowest BCUT2D eigenvalue weighted by Crippen LogP contribution is -2.37. The number of aromatic nitrogens is 1. The smallest absolute Gasteiger partial charge is 0.309 e. The van der Waals surface area contributed by atoms with Crippen molar-refractivity contribution in [1.29, 1.82) is 0 Å². The minimum Gasteiger partial charge on any atom is -0.485 e. The van der Waals surface area contributed by atoms with Crippen molar-refractivity contribution in [2.45, 2.75) is 81.5 Å². The summed E-state index contributed by atoms with van der Waals surface area (Å²) in [4.78, 5) is 18.4. The molecule has 42 heavy (non-hydrogen) atoms. The van der Waals surface area contributed by atoms with Crippen LogP contribution in [0.2, 0.25) is 0 Å². The lowest BCUT2D eigenvalue weighted by atomic mass is 9.81. The number of carboxylic acid groups (broad SMARTS) is 1. The molecule has 0 bridgehead atoms. The molecule has 3 fully saturated rings. The molecule has 3 aliphatic carbocycles. The van der Waals surface area contributed by atoms with Crippen molar-refractivity contribution >= 4 is 5.97 Å². The fraction of sp³-hybridized carbons (Fsp3) is 0.529. The van der Waals surface area contributed by atoms with Gasteiger partial charge in [0, 0.05) is 31.2 Å². The van der Waals surface area contributed by atoms with Gasteiger partial charge in [-0.15, -0.1) is 0 Å². The van der Waals surface area contributed by atoms with Gasteiger partial charge in [0.15, 0.2) is 0 Å². The van der Waals surface area contributed by atoms with Crippen LogP contribution in [0.25, 0.3) is 0 Å². The fourth-order valence-corrected chi connectivity index (χ4v) is 7.64. The van der Waals surface area contributed by atoms with E-state index >= 15 is 4.39 Å². The zero-order chi connectivity index (χ0) is 29.1. The van der Waals surface area contributed by atoms with Crippen molar-refractivity contribution in [2.75, 3.05) is 27.3 Å². The topological polar surface area (TPSA) is 81.1 Å². The van der Waals surface area contributed by atoms with Gasteiger partial charge >= 0.3 is 5.97 Å². The molecule has 3 heterocycles. The van der Waals surface area contributed by atoms with Crippen molar-refractivity contribution in [3.8, 4) is 11.6 Å². The Labute approximate surface area is 246 Å². The van der Waals surface area contributed by atoms with Gasteiger partial charge in [-0.3, -0.25) is 9.69 Å². The first-order valence-corrected chi connectivity index (χ1v) is 15.2. The van der Waals surface area contributed by atoms with E-state index in [4.69, 9.17) is 14.2 Å². The number of hydrogen-bond acceptors (Lipinski definition) is 6. The van der Waals surface area contributed by atoms with Gasteiger partial charge in [0.25, 0.3) is 0 Å². The lowest BCUT2D eigenvalue weighted by molar-refractivity contribution is -0.143. The quantitative estimate of drug-likeness (QED) is 0.416. The predicted molar refractivity (Wildman–Crippen MR) is 155 cm³/mol. The number of ether oxygens (including phenoxy) is 3. The van der Waals surface area contributed by atoms with Gasteiger partial charge in [0.1, 0.15) is 17.7 Å². The summed E-state index contributed by atoms with van der Waals surface area (Å²) >= 11 is 0. The van der Waals surface area contributed by atoms with Crippen LogP contribution in [0.3, 0.4) is 0 Å². The number of nitrogens with zero attached hydrogens (tertiary/aromatic N) is 2. The van der Waals surface area contributed by atoms with Gasteiger partial charge in [0.05, 0.1) is 30.4 Å². The van der Waals surface area contributed by atoms with Crippen molar-refractivity contribution in [1.82, 2.24) is 9.88 Å². The van der Waals surface area contributed by atoms with Crippen LogP contribution < -0.4 is 9.47 Å². The Kier molecular flexibility index (Phi) is 6.89.